The molecule has 2 radical (unpaired) electrons. The van der Waals surface area contributed by atoms with Crippen LogP contribution < -0.4 is 0 Å². The van der Waals surface area contributed by atoms with Gasteiger partial charge in [0.15, 0.2) is 0 Å². The van der Waals surface area contributed by atoms with Gasteiger partial charge in [0.05, 0.1) is 0 Å². The van der Waals surface area contributed by atoms with Gasteiger partial charge in [-0.2, -0.15) is 6.08 Å². The van der Waals surface area contributed by atoms with Crippen LogP contribution in [0, 0.1) is 18.4 Å². The van der Waals surface area contributed by atoms with Crippen molar-refractivity contribution in [2.24, 2.45) is 5.41 Å². The Morgan fingerprint density at radius 3 is 1.86 bits per heavy atom. The van der Waals surface area contributed by atoms with E-state index in [1.54, 1.807) is 12.1 Å². The van der Waals surface area contributed by atoms with Crippen LogP contribution in [-0.4, -0.2) is 14.6 Å². The summed E-state index contributed by atoms with van der Waals surface area (Å²) in [7, 11) is 1.08. The van der Waals surface area contributed by atoms with Crippen molar-refractivity contribution in [1.82, 2.24) is 0 Å². The van der Waals surface area contributed by atoms with E-state index in [9.17, 15) is 5.11 Å². The van der Waals surface area contributed by atoms with E-state index in [-0.39, 0.29) is 46.5 Å². The summed E-state index contributed by atoms with van der Waals surface area (Å²) < 4.78 is 0. The topological polar surface area (TPSA) is 20.2 Å². The van der Waals surface area contributed by atoms with E-state index in [4.69, 9.17) is 0 Å². The number of aryl methyl sites for hydroxylation is 1. The number of phenolic OH excluding ortho intramolecular Hbond substituents is 1. The van der Waals surface area contributed by atoms with E-state index in [1.165, 1.54) is 5.57 Å². The van der Waals surface area contributed by atoms with Crippen molar-refractivity contribution in [3.63, 3.8) is 0 Å². The Balaban J connectivity index is -0.000000397. The molecule has 0 aromatic heterocycles. The molecule has 0 unspecified atom stereocenters. The van der Waals surface area contributed by atoms with Crippen LogP contribution in [0.5, 0.6) is 5.75 Å². The summed E-state index contributed by atoms with van der Waals surface area (Å²) in [5, 5.41) is 9.46. The summed E-state index contributed by atoms with van der Waals surface area (Å²) in [6.07, 6.45) is 8.63. The predicted molar refractivity (Wildman–Crippen MR) is 130 cm³/mol. The Morgan fingerprint density at radius 2 is 1.48 bits per heavy atom. The first kappa shape index (κ1) is 32.9. The number of rotatable bonds is 1. The van der Waals surface area contributed by atoms with Gasteiger partial charge in [-0.15, -0.1) is 31.2 Å². The molecule has 158 valence electrons. The first-order chi connectivity index (χ1) is 12.3. The van der Waals surface area contributed by atoms with E-state index in [0.717, 1.165) is 32.6 Å². The van der Waals surface area contributed by atoms with Crippen molar-refractivity contribution in [3.8, 4) is 16.9 Å². The molecule has 0 heterocycles. The van der Waals surface area contributed by atoms with Crippen molar-refractivity contribution in [2.45, 2.75) is 47.2 Å². The largest absolute Gasteiger partial charge is 0.508 e. The summed E-state index contributed by atoms with van der Waals surface area (Å²) >= 11 is 0. The van der Waals surface area contributed by atoms with Gasteiger partial charge in [0, 0.05) is 31.2 Å². The maximum atomic E-state index is 9.46. The second-order valence-electron chi connectivity index (χ2n) is 7.37. The fourth-order valence-electron chi connectivity index (χ4n) is 2.48. The van der Waals surface area contributed by atoms with Crippen molar-refractivity contribution < 1.29 is 26.8 Å². The van der Waals surface area contributed by atoms with Crippen LogP contribution in [0.25, 0.3) is 11.1 Å². The SMILES string of the molecule is CC(C)(C)C1=[C-]CC=C1.C[Si]C.Cc1cc(O)cc(-c2ccccc2)c1.Cl.Cl.[Ti]. The summed E-state index contributed by atoms with van der Waals surface area (Å²) in [5.74, 6) is 0.323. The number of phenols is 1. The minimum atomic E-state index is 0. The average molecular weight is 484 g/mol. The van der Waals surface area contributed by atoms with E-state index in [1.807, 2.05) is 37.3 Å². The second-order valence-corrected chi connectivity index (χ2v) is 8.37. The van der Waals surface area contributed by atoms with Gasteiger partial charge in [0.1, 0.15) is 5.75 Å². The zero-order valence-corrected chi connectivity index (χ0v) is 22.4. The average Bonchev–Trinajstić information content (AvgIpc) is 3.11. The molecule has 1 aliphatic carbocycles. The van der Waals surface area contributed by atoms with Crippen LogP contribution in [0.15, 0.2) is 66.3 Å². The summed E-state index contributed by atoms with van der Waals surface area (Å²) in [5.41, 5.74) is 4.91. The molecule has 0 fully saturated rings. The van der Waals surface area contributed by atoms with Gasteiger partial charge >= 0.3 is 0 Å². The van der Waals surface area contributed by atoms with Gasteiger partial charge < -0.3 is 5.11 Å². The van der Waals surface area contributed by atoms with Crippen LogP contribution in [0.3, 0.4) is 0 Å². The number of hydrogen-bond donors (Lipinski definition) is 1. The van der Waals surface area contributed by atoms with Crippen molar-refractivity contribution in [2.75, 3.05) is 0 Å². The molecule has 3 rings (SSSR count). The van der Waals surface area contributed by atoms with Crippen LogP contribution >= 0.6 is 24.8 Å². The zero-order valence-electron chi connectivity index (χ0n) is 18.2. The maximum Gasteiger partial charge on any atom is 0.116 e. The molecule has 0 saturated carbocycles. The summed E-state index contributed by atoms with van der Waals surface area (Å²) in [6, 6.07) is 15.6. The van der Waals surface area contributed by atoms with Crippen LogP contribution in [-0.2, 0) is 21.7 Å². The Hall–Kier alpha value is -0.769. The van der Waals surface area contributed by atoms with Gasteiger partial charge in [-0.3, -0.25) is 6.08 Å². The van der Waals surface area contributed by atoms with Crippen LogP contribution in [0.1, 0.15) is 32.8 Å². The van der Waals surface area contributed by atoms with Gasteiger partial charge in [0.2, 0.25) is 0 Å². The summed E-state index contributed by atoms with van der Waals surface area (Å²) in [4.78, 5) is 0. The van der Waals surface area contributed by atoms with Gasteiger partial charge in [-0.25, -0.2) is 11.6 Å². The molecular weight excluding hydrogens is 451 g/mol. The Morgan fingerprint density at radius 1 is 0.931 bits per heavy atom. The molecular formula is C24H33Cl2OSiTi-. The molecule has 2 aromatic carbocycles. The number of halogens is 2. The first-order valence-corrected chi connectivity index (χ1v) is 11.0. The first-order valence-electron chi connectivity index (χ1n) is 9.00. The fraction of sp³-hybridized carbons (Fsp3) is 0.333. The van der Waals surface area contributed by atoms with Gasteiger partial charge in [-0.05, 0) is 41.2 Å². The molecule has 0 spiro atoms. The third kappa shape index (κ3) is 13.2. The normalized spacial score (nSPS) is 11.2. The minimum Gasteiger partial charge on any atom is -0.508 e. The molecule has 1 nitrogen and oxygen atoms in total. The third-order valence-electron chi connectivity index (χ3n) is 3.67. The van der Waals surface area contributed by atoms with Crippen LogP contribution in [0.4, 0.5) is 0 Å². The maximum absolute atomic E-state index is 9.46. The monoisotopic (exact) mass is 483 g/mol. The quantitative estimate of drug-likeness (QED) is 0.325. The zero-order chi connectivity index (χ0) is 19.6. The molecule has 0 amide bonds. The molecule has 0 bridgehead atoms. The molecule has 1 N–H and O–H groups in total. The van der Waals surface area contributed by atoms with E-state index in [0.29, 0.717) is 11.2 Å². The van der Waals surface area contributed by atoms with Crippen LogP contribution in [0.2, 0.25) is 13.1 Å². The molecule has 0 saturated heterocycles. The minimum absolute atomic E-state index is 0. The number of allylic oxidation sites excluding steroid dienone is 4. The third-order valence-corrected chi connectivity index (χ3v) is 3.67. The van der Waals surface area contributed by atoms with E-state index in [2.05, 4.69) is 58.2 Å². The molecule has 2 aromatic rings. The fourth-order valence-corrected chi connectivity index (χ4v) is 2.48. The molecule has 0 atom stereocenters. The van der Waals surface area contributed by atoms with E-state index >= 15 is 0 Å². The summed E-state index contributed by atoms with van der Waals surface area (Å²) in [6.45, 7) is 12.9. The Bertz CT molecular complexity index is 718. The molecule has 1 aliphatic rings. The number of aromatic hydroxyl groups is 1. The molecule has 29 heavy (non-hydrogen) atoms. The Labute approximate surface area is 207 Å². The second kappa shape index (κ2) is 17.0. The van der Waals surface area contributed by atoms with Crippen molar-refractivity contribution >= 4 is 34.3 Å². The standard InChI is InChI=1S/C13H12O.C9H13.C2H6Si.2ClH.Ti/c1-10-7-12(9-13(14)8-10)11-5-3-2-4-6-11;1-9(2,3)8-6-4-5-7-8;1-3-2;;;/h2-9,14H,1H3;4,6H,5H2,1-3H3;1-2H3;2*1H;/q;-1;;;;. The Kier molecular flexibility index (Phi) is 19.2. The number of benzene rings is 2. The van der Waals surface area contributed by atoms with Crippen molar-refractivity contribution in [1.29, 1.82) is 0 Å². The van der Waals surface area contributed by atoms with Crippen molar-refractivity contribution in [3.05, 3.63) is 77.9 Å². The van der Waals surface area contributed by atoms with Gasteiger partial charge in [-0.1, -0.05) is 70.3 Å². The van der Waals surface area contributed by atoms with E-state index < -0.39 is 0 Å². The smallest absolute Gasteiger partial charge is 0.116 e. The number of hydrogen-bond acceptors (Lipinski definition) is 1. The molecule has 5 heteroatoms. The van der Waals surface area contributed by atoms with Gasteiger partial charge in [0.25, 0.3) is 0 Å². The molecule has 0 aliphatic heterocycles. The predicted octanol–water partition coefficient (Wildman–Crippen LogP) is 7.72.